The van der Waals surface area contributed by atoms with Gasteiger partial charge in [0.15, 0.2) is 6.29 Å². The van der Waals surface area contributed by atoms with Gasteiger partial charge in [-0.2, -0.15) is 0 Å². The monoisotopic (exact) mass is 316 g/mol. The molecular weight excluding hydrogens is 280 g/mol. The maximum absolute atomic E-state index is 6.30. The number of ether oxygens (including phenoxy) is 4. The number of rotatable bonds is 12. The number of hydrogen-bond donors (Lipinski definition) is 0. The lowest BCUT2D eigenvalue weighted by Crippen LogP contribution is -2.47. The zero-order valence-corrected chi connectivity index (χ0v) is 15.2. The van der Waals surface area contributed by atoms with Crippen molar-refractivity contribution in [1.82, 2.24) is 0 Å². The van der Waals surface area contributed by atoms with Crippen LogP contribution in [0.15, 0.2) is 0 Å². The van der Waals surface area contributed by atoms with Crippen LogP contribution in [0.3, 0.4) is 0 Å². The van der Waals surface area contributed by atoms with Crippen LogP contribution in [-0.2, 0) is 18.9 Å². The molecule has 1 heterocycles. The van der Waals surface area contributed by atoms with Gasteiger partial charge in [0.2, 0.25) is 0 Å². The summed E-state index contributed by atoms with van der Waals surface area (Å²) in [5.41, 5.74) is -0.372. The van der Waals surface area contributed by atoms with Crippen LogP contribution in [0.1, 0.15) is 66.2 Å². The van der Waals surface area contributed by atoms with Crippen LogP contribution in [-0.4, -0.2) is 44.9 Å². The Labute approximate surface area is 136 Å². The molecule has 0 amide bonds. The Morgan fingerprint density at radius 2 is 1.68 bits per heavy atom. The van der Waals surface area contributed by atoms with Crippen molar-refractivity contribution >= 4 is 0 Å². The van der Waals surface area contributed by atoms with Gasteiger partial charge in [0.1, 0.15) is 5.60 Å². The molecule has 4 heteroatoms. The van der Waals surface area contributed by atoms with Gasteiger partial charge in [-0.3, -0.25) is 0 Å². The molecule has 0 aliphatic carbocycles. The molecule has 1 aliphatic heterocycles. The minimum Gasteiger partial charge on any atom is -0.378 e. The van der Waals surface area contributed by atoms with Crippen LogP contribution >= 0.6 is 0 Å². The second kappa shape index (κ2) is 10.6. The predicted octanol–water partition coefficient (Wildman–Crippen LogP) is 4.17. The third kappa shape index (κ3) is 4.92. The highest BCUT2D eigenvalue weighted by Gasteiger charge is 2.54. The van der Waals surface area contributed by atoms with Crippen molar-refractivity contribution in [2.24, 2.45) is 5.92 Å². The van der Waals surface area contributed by atoms with Gasteiger partial charge in [-0.05, 0) is 25.7 Å². The van der Waals surface area contributed by atoms with Gasteiger partial charge in [-0.15, -0.1) is 0 Å². The molecule has 2 unspecified atom stereocenters. The first-order chi connectivity index (χ1) is 10.7. The average molecular weight is 316 g/mol. The molecule has 4 atom stereocenters. The molecule has 0 N–H and O–H groups in total. The Morgan fingerprint density at radius 1 is 1.00 bits per heavy atom. The summed E-state index contributed by atoms with van der Waals surface area (Å²) >= 11 is 0. The van der Waals surface area contributed by atoms with Crippen molar-refractivity contribution in [3.63, 3.8) is 0 Å². The van der Waals surface area contributed by atoms with Crippen molar-refractivity contribution in [1.29, 1.82) is 0 Å². The fourth-order valence-corrected chi connectivity index (χ4v) is 3.17. The highest BCUT2D eigenvalue weighted by molar-refractivity contribution is 4.99. The van der Waals surface area contributed by atoms with E-state index >= 15 is 0 Å². The number of methoxy groups -OCH3 is 1. The van der Waals surface area contributed by atoms with Crippen LogP contribution in [0.25, 0.3) is 0 Å². The van der Waals surface area contributed by atoms with Gasteiger partial charge < -0.3 is 18.9 Å². The quantitative estimate of drug-likeness (QED) is 0.506. The fourth-order valence-electron chi connectivity index (χ4n) is 3.17. The zero-order chi connectivity index (χ0) is 16.4. The maximum atomic E-state index is 6.30. The van der Waals surface area contributed by atoms with E-state index in [1.807, 2.05) is 0 Å². The Hall–Kier alpha value is -0.160. The summed E-state index contributed by atoms with van der Waals surface area (Å²) in [6, 6.07) is 0. The van der Waals surface area contributed by atoms with Crippen molar-refractivity contribution < 1.29 is 18.9 Å². The van der Waals surface area contributed by atoms with E-state index in [1.54, 1.807) is 7.11 Å². The fraction of sp³-hybridized carbons (Fsp3) is 1.00. The summed E-state index contributed by atoms with van der Waals surface area (Å²) < 4.78 is 24.1. The standard InChI is InChI=1S/C18H36O4/c1-6-10-12-20-14-18(9-4)16(21-13-11-7-2)15(8-3)17(19-5)22-18/h15-17H,6-14H2,1-5H3/t15?,16?,17-,18-/m1/s1. The summed E-state index contributed by atoms with van der Waals surface area (Å²) in [6.45, 7) is 10.9. The van der Waals surface area contributed by atoms with Gasteiger partial charge >= 0.3 is 0 Å². The first-order valence-electron chi connectivity index (χ1n) is 9.08. The number of hydrogen-bond acceptors (Lipinski definition) is 4. The second-order valence-electron chi connectivity index (χ2n) is 6.26. The third-order valence-corrected chi connectivity index (χ3v) is 4.69. The van der Waals surface area contributed by atoms with Gasteiger partial charge in [-0.25, -0.2) is 0 Å². The molecule has 1 rings (SSSR count). The van der Waals surface area contributed by atoms with E-state index in [-0.39, 0.29) is 23.9 Å². The van der Waals surface area contributed by atoms with Crippen LogP contribution in [0.2, 0.25) is 0 Å². The molecule has 132 valence electrons. The molecule has 0 bridgehead atoms. The van der Waals surface area contributed by atoms with Crippen LogP contribution in [0, 0.1) is 5.92 Å². The van der Waals surface area contributed by atoms with E-state index in [9.17, 15) is 0 Å². The van der Waals surface area contributed by atoms with E-state index in [0.717, 1.165) is 51.7 Å². The average Bonchev–Trinajstić information content (AvgIpc) is 2.85. The smallest absolute Gasteiger partial charge is 0.163 e. The molecule has 0 aromatic heterocycles. The molecular formula is C18H36O4. The first-order valence-corrected chi connectivity index (χ1v) is 9.08. The molecule has 0 radical (unpaired) electrons. The lowest BCUT2D eigenvalue weighted by Gasteiger charge is -2.34. The van der Waals surface area contributed by atoms with Crippen LogP contribution < -0.4 is 0 Å². The summed E-state index contributed by atoms with van der Waals surface area (Å²) in [5.74, 6) is 0.275. The lowest BCUT2D eigenvalue weighted by molar-refractivity contribution is -0.193. The third-order valence-electron chi connectivity index (χ3n) is 4.69. The molecule has 0 aromatic rings. The van der Waals surface area contributed by atoms with E-state index < -0.39 is 0 Å². The molecule has 4 nitrogen and oxygen atoms in total. The Morgan fingerprint density at radius 3 is 2.23 bits per heavy atom. The van der Waals surface area contributed by atoms with Gasteiger partial charge in [0.25, 0.3) is 0 Å². The van der Waals surface area contributed by atoms with E-state index in [0.29, 0.717) is 6.61 Å². The number of unbranched alkanes of at least 4 members (excludes halogenated alkanes) is 2. The van der Waals surface area contributed by atoms with Crippen LogP contribution in [0.4, 0.5) is 0 Å². The zero-order valence-electron chi connectivity index (χ0n) is 15.2. The SMILES string of the molecule is CCCCOC[C@@]1(CC)O[C@@H](OC)C(CC)C1OCCCC. The molecule has 1 saturated heterocycles. The van der Waals surface area contributed by atoms with Crippen molar-refractivity contribution in [2.75, 3.05) is 26.9 Å². The normalized spacial score (nSPS) is 31.8. The Bertz CT molecular complexity index is 284. The first kappa shape index (κ1) is 19.9. The molecule has 0 saturated carbocycles. The van der Waals surface area contributed by atoms with Crippen molar-refractivity contribution in [3.8, 4) is 0 Å². The predicted molar refractivity (Wildman–Crippen MR) is 89.1 cm³/mol. The minimum atomic E-state index is -0.372. The molecule has 22 heavy (non-hydrogen) atoms. The summed E-state index contributed by atoms with van der Waals surface area (Å²) in [7, 11) is 1.72. The highest BCUT2D eigenvalue weighted by atomic mass is 16.7. The summed E-state index contributed by atoms with van der Waals surface area (Å²) in [6.07, 6.45) is 6.21. The van der Waals surface area contributed by atoms with E-state index in [4.69, 9.17) is 18.9 Å². The Balaban J connectivity index is 2.78. The lowest BCUT2D eigenvalue weighted by atomic mass is 9.86. The summed E-state index contributed by atoms with van der Waals surface area (Å²) in [4.78, 5) is 0. The van der Waals surface area contributed by atoms with E-state index in [1.165, 1.54) is 0 Å². The van der Waals surface area contributed by atoms with Crippen molar-refractivity contribution in [2.45, 2.75) is 84.2 Å². The largest absolute Gasteiger partial charge is 0.378 e. The van der Waals surface area contributed by atoms with Crippen LogP contribution in [0.5, 0.6) is 0 Å². The molecule has 1 aliphatic rings. The van der Waals surface area contributed by atoms with Gasteiger partial charge in [-0.1, -0.05) is 40.5 Å². The van der Waals surface area contributed by atoms with Crippen molar-refractivity contribution in [3.05, 3.63) is 0 Å². The molecule has 0 aromatic carbocycles. The topological polar surface area (TPSA) is 36.9 Å². The van der Waals surface area contributed by atoms with Gasteiger partial charge in [0.05, 0.1) is 12.7 Å². The Kier molecular flexibility index (Phi) is 9.57. The van der Waals surface area contributed by atoms with E-state index in [2.05, 4.69) is 27.7 Å². The second-order valence-corrected chi connectivity index (χ2v) is 6.26. The molecule has 1 fully saturated rings. The summed E-state index contributed by atoms with van der Waals surface area (Å²) in [5, 5.41) is 0. The molecule has 0 spiro atoms. The van der Waals surface area contributed by atoms with Gasteiger partial charge in [0, 0.05) is 26.2 Å². The maximum Gasteiger partial charge on any atom is 0.163 e. The highest BCUT2D eigenvalue weighted by Crippen LogP contribution is 2.42. The minimum absolute atomic E-state index is 0.0561.